The second-order valence-corrected chi connectivity index (χ2v) is 8.38. The summed E-state index contributed by atoms with van der Waals surface area (Å²) in [5.74, 6) is 1.33. The molecule has 0 radical (unpaired) electrons. The number of ether oxygens (including phenoxy) is 2. The summed E-state index contributed by atoms with van der Waals surface area (Å²) in [6.07, 6.45) is -4.47. The smallest absolute Gasteiger partial charge is 0.418 e. The molecule has 4 rings (SSSR count). The molecule has 2 aliphatic heterocycles. The van der Waals surface area contributed by atoms with Crippen LogP contribution >= 0.6 is 0 Å². The average Bonchev–Trinajstić information content (AvgIpc) is 3.25. The number of carbonyl (C=O) groups excluding carboxylic acids is 1. The van der Waals surface area contributed by atoms with E-state index in [9.17, 15) is 18.0 Å². The van der Waals surface area contributed by atoms with Crippen LogP contribution < -0.4 is 14.4 Å². The fraction of sp³-hybridized carbons (Fsp3) is 0.458. The summed E-state index contributed by atoms with van der Waals surface area (Å²) in [5.41, 5.74) is 0.985. The molecule has 0 saturated carbocycles. The minimum atomic E-state index is -4.47. The van der Waals surface area contributed by atoms with Gasteiger partial charge in [-0.3, -0.25) is 9.69 Å². The number of carbonyl (C=O) groups is 1. The minimum Gasteiger partial charge on any atom is -0.454 e. The monoisotopic (exact) mass is 463 g/mol. The molecule has 2 aromatic rings. The summed E-state index contributed by atoms with van der Waals surface area (Å²) in [6.45, 7) is 7.07. The third-order valence-corrected chi connectivity index (χ3v) is 6.07. The number of hydrogen-bond donors (Lipinski definition) is 0. The molecule has 0 aromatic heterocycles. The van der Waals surface area contributed by atoms with Gasteiger partial charge in [0.2, 0.25) is 12.7 Å². The first-order valence-corrected chi connectivity index (χ1v) is 11.1. The Morgan fingerprint density at radius 2 is 1.76 bits per heavy atom. The van der Waals surface area contributed by atoms with Crippen molar-refractivity contribution in [3.05, 3.63) is 53.1 Å². The summed E-state index contributed by atoms with van der Waals surface area (Å²) in [7, 11) is 0. The van der Waals surface area contributed by atoms with Gasteiger partial charge in [0.25, 0.3) is 0 Å². The Morgan fingerprint density at radius 3 is 2.45 bits per heavy atom. The first-order chi connectivity index (χ1) is 15.7. The van der Waals surface area contributed by atoms with Crippen molar-refractivity contribution in [3.63, 3.8) is 0 Å². The van der Waals surface area contributed by atoms with Gasteiger partial charge in [-0.2, -0.15) is 13.2 Å². The zero-order valence-corrected chi connectivity index (χ0v) is 18.8. The van der Waals surface area contributed by atoms with Crippen LogP contribution in [0.4, 0.5) is 18.9 Å². The van der Waals surface area contributed by atoms with E-state index in [1.807, 2.05) is 18.2 Å². The Morgan fingerprint density at radius 1 is 1.03 bits per heavy atom. The van der Waals surface area contributed by atoms with Crippen LogP contribution in [0.25, 0.3) is 0 Å². The molecule has 1 amide bonds. The lowest BCUT2D eigenvalue weighted by atomic mass is 10.1. The van der Waals surface area contributed by atoms with Gasteiger partial charge >= 0.3 is 6.18 Å². The predicted octanol–water partition coefficient (Wildman–Crippen LogP) is 3.91. The number of anilines is 1. The Kier molecular flexibility index (Phi) is 6.69. The van der Waals surface area contributed by atoms with Crippen LogP contribution in [0.5, 0.6) is 11.5 Å². The number of aryl methyl sites for hydroxylation is 1. The quantitative estimate of drug-likeness (QED) is 0.650. The largest absolute Gasteiger partial charge is 0.454 e. The molecule has 1 fully saturated rings. The van der Waals surface area contributed by atoms with Crippen molar-refractivity contribution < 1.29 is 27.4 Å². The zero-order chi connectivity index (χ0) is 23.6. The molecule has 0 N–H and O–H groups in total. The first-order valence-electron chi connectivity index (χ1n) is 11.1. The number of benzene rings is 2. The maximum absolute atomic E-state index is 13.6. The molecule has 33 heavy (non-hydrogen) atoms. The van der Waals surface area contributed by atoms with Crippen molar-refractivity contribution in [1.82, 2.24) is 9.80 Å². The standard InChI is InChI=1S/C24H28F3N3O3/c1-3-29(20-6-4-17(2)12-19(20)24(25,26)27)15-23(31)30-10-8-28(9-11-30)14-18-5-7-21-22(13-18)33-16-32-21/h4-7,12-13H,3,8-11,14-16H2,1-2H3. The number of fused-ring (bicyclic) bond motifs is 1. The Balaban J connectivity index is 1.35. The molecule has 2 heterocycles. The van der Waals surface area contributed by atoms with E-state index in [0.717, 1.165) is 29.7 Å². The third kappa shape index (κ3) is 5.35. The lowest BCUT2D eigenvalue weighted by molar-refractivity contribution is -0.137. The SMILES string of the molecule is CCN(CC(=O)N1CCN(Cc2ccc3c(c2)OCO3)CC1)c1ccc(C)cc1C(F)(F)F. The molecule has 0 unspecified atom stereocenters. The third-order valence-electron chi connectivity index (χ3n) is 6.07. The van der Waals surface area contributed by atoms with Gasteiger partial charge in [-0.15, -0.1) is 0 Å². The summed E-state index contributed by atoms with van der Waals surface area (Å²) >= 11 is 0. The highest BCUT2D eigenvalue weighted by Gasteiger charge is 2.35. The molecular weight excluding hydrogens is 435 g/mol. The number of amides is 1. The Labute approximate surface area is 191 Å². The van der Waals surface area contributed by atoms with E-state index in [4.69, 9.17) is 9.47 Å². The first kappa shape index (κ1) is 23.2. The second-order valence-electron chi connectivity index (χ2n) is 8.38. The van der Waals surface area contributed by atoms with Gasteiger partial charge in [0.15, 0.2) is 11.5 Å². The van der Waals surface area contributed by atoms with E-state index in [2.05, 4.69) is 4.90 Å². The van der Waals surface area contributed by atoms with Crippen LogP contribution in [-0.2, 0) is 17.5 Å². The number of halogens is 3. The van der Waals surface area contributed by atoms with Gasteiger partial charge in [0, 0.05) is 45.0 Å². The number of alkyl halides is 3. The molecule has 6 nitrogen and oxygen atoms in total. The lowest BCUT2D eigenvalue weighted by Crippen LogP contribution is -2.51. The van der Waals surface area contributed by atoms with Crippen LogP contribution in [0.1, 0.15) is 23.6 Å². The highest BCUT2D eigenvalue weighted by molar-refractivity contribution is 5.82. The van der Waals surface area contributed by atoms with Crippen molar-refractivity contribution in [3.8, 4) is 11.5 Å². The van der Waals surface area contributed by atoms with Crippen molar-refractivity contribution in [2.75, 3.05) is 51.0 Å². The molecule has 0 aliphatic carbocycles. The van der Waals surface area contributed by atoms with Gasteiger partial charge < -0.3 is 19.3 Å². The molecule has 0 bridgehead atoms. The van der Waals surface area contributed by atoms with E-state index >= 15 is 0 Å². The van der Waals surface area contributed by atoms with Crippen LogP contribution in [-0.4, -0.2) is 61.8 Å². The van der Waals surface area contributed by atoms with Crippen LogP contribution in [0, 0.1) is 6.92 Å². The number of hydrogen-bond acceptors (Lipinski definition) is 5. The number of likely N-dealkylation sites (N-methyl/N-ethyl adjacent to an activating group) is 1. The van der Waals surface area contributed by atoms with Crippen molar-refractivity contribution >= 4 is 11.6 Å². The summed E-state index contributed by atoms with van der Waals surface area (Å²) in [6, 6.07) is 10.1. The lowest BCUT2D eigenvalue weighted by Gasteiger charge is -2.36. The number of nitrogens with zero attached hydrogens (tertiary/aromatic N) is 3. The minimum absolute atomic E-state index is 0.0467. The van der Waals surface area contributed by atoms with Gasteiger partial charge in [-0.1, -0.05) is 17.7 Å². The fourth-order valence-electron chi connectivity index (χ4n) is 4.24. The molecule has 0 atom stereocenters. The maximum Gasteiger partial charge on any atom is 0.418 e. The Bertz CT molecular complexity index is 1000. The fourth-order valence-corrected chi connectivity index (χ4v) is 4.24. The summed E-state index contributed by atoms with van der Waals surface area (Å²) in [5, 5.41) is 0. The Hall–Kier alpha value is -2.94. The molecule has 2 aromatic carbocycles. The van der Waals surface area contributed by atoms with Gasteiger partial charge in [0.1, 0.15) is 0 Å². The average molecular weight is 464 g/mol. The molecule has 0 spiro atoms. The van der Waals surface area contributed by atoms with Crippen LogP contribution in [0.2, 0.25) is 0 Å². The second kappa shape index (κ2) is 9.51. The van der Waals surface area contributed by atoms with E-state index in [-0.39, 0.29) is 24.9 Å². The number of piperazine rings is 1. The maximum atomic E-state index is 13.6. The van der Waals surface area contributed by atoms with Crippen LogP contribution in [0.15, 0.2) is 36.4 Å². The van der Waals surface area contributed by atoms with E-state index in [1.165, 1.54) is 11.0 Å². The molecular formula is C24H28F3N3O3. The van der Waals surface area contributed by atoms with E-state index < -0.39 is 11.7 Å². The van der Waals surface area contributed by atoms with Crippen molar-refractivity contribution in [2.45, 2.75) is 26.6 Å². The molecule has 2 aliphatic rings. The van der Waals surface area contributed by atoms with Crippen molar-refractivity contribution in [2.24, 2.45) is 0 Å². The van der Waals surface area contributed by atoms with E-state index in [1.54, 1.807) is 24.8 Å². The van der Waals surface area contributed by atoms with E-state index in [0.29, 0.717) is 38.3 Å². The predicted molar refractivity (Wildman–Crippen MR) is 118 cm³/mol. The van der Waals surface area contributed by atoms with Crippen LogP contribution in [0.3, 0.4) is 0 Å². The summed E-state index contributed by atoms with van der Waals surface area (Å²) in [4.78, 5) is 18.4. The molecule has 178 valence electrons. The zero-order valence-electron chi connectivity index (χ0n) is 18.8. The normalized spacial score (nSPS) is 16.2. The molecule has 1 saturated heterocycles. The van der Waals surface area contributed by atoms with Gasteiger partial charge in [-0.25, -0.2) is 0 Å². The van der Waals surface area contributed by atoms with Crippen molar-refractivity contribution in [1.29, 1.82) is 0 Å². The number of rotatable bonds is 6. The van der Waals surface area contributed by atoms with Gasteiger partial charge in [0.05, 0.1) is 12.1 Å². The summed E-state index contributed by atoms with van der Waals surface area (Å²) < 4.78 is 51.5. The topological polar surface area (TPSA) is 45.3 Å². The molecule has 9 heteroatoms. The highest BCUT2D eigenvalue weighted by atomic mass is 19.4. The van der Waals surface area contributed by atoms with Gasteiger partial charge in [-0.05, 0) is 43.7 Å². The highest BCUT2D eigenvalue weighted by Crippen LogP contribution is 2.37.